The van der Waals surface area contributed by atoms with Crippen LogP contribution in [0.5, 0.6) is 0 Å². The molecule has 11 heteroatoms. The van der Waals surface area contributed by atoms with Crippen molar-refractivity contribution >= 4 is 34.3 Å². The van der Waals surface area contributed by atoms with Gasteiger partial charge in [0, 0.05) is 0 Å². The van der Waals surface area contributed by atoms with Crippen molar-refractivity contribution < 1.29 is 39.5 Å². The molecule has 0 unspecified atom stereocenters. The number of benzene rings is 3. The summed E-state index contributed by atoms with van der Waals surface area (Å²) in [6.45, 7) is 1.94. The van der Waals surface area contributed by atoms with Gasteiger partial charge in [-0.3, -0.25) is 0 Å². The smallest absolute Gasteiger partial charge is 0.199 e. The van der Waals surface area contributed by atoms with Crippen LogP contribution in [0, 0.1) is 0 Å². The fourth-order valence-electron chi connectivity index (χ4n) is 5.02. The molecule has 0 radical (unpaired) electrons. The summed E-state index contributed by atoms with van der Waals surface area (Å²) in [6, 6.07) is 12.5. The van der Waals surface area contributed by atoms with E-state index in [0.29, 0.717) is 12.8 Å². The van der Waals surface area contributed by atoms with Gasteiger partial charge in [0.2, 0.25) is 0 Å². The number of hydrogen-bond acceptors (Lipinski definition) is 0. The molecule has 220 valence electrons. The highest BCUT2D eigenvalue weighted by Crippen LogP contribution is 2.33. The maximum Gasteiger partial charge on any atom is 0.416 e. The first-order valence-electron chi connectivity index (χ1n) is 12.8. The monoisotopic (exact) mass is 594 g/mol. The zero-order chi connectivity index (χ0) is 30.2. The molecule has 0 bridgehead atoms. The van der Waals surface area contributed by atoms with Crippen molar-refractivity contribution in [3.63, 3.8) is 0 Å². The Morgan fingerprint density at radius 3 is 1.15 bits per heavy atom. The van der Waals surface area contributed by atoms with Gasteiger partial charge in [-0.05, 0) is 11.8 Å². The molecule has 0 nitrogen and oxygen atoms in total. The average molecular weight is 594 g/mol. The summed E-state index contributed by atoms with van der Waals surface area (Å²) in [5.74, 6) is 0. The van der Waals surface area contributed by atoms with E-state index in [1.807, 2.05) is 6.92 Å². The molecule has 3 aromatic carbocycles. The van der Waals surface area contributed by atoms with Crippen LogP contribution in [0.3, 0.4) is 0 Å². The van der Waals surface area contributed by atoms with Crippen LogP contribution < -0.4 is 16.4 Å². The predicted octanol–water partition coefficient (Wildman–Crippen LogP) is 7.85. The highest BCUT2D eigenvalue weighted by atomic mass is 32.2. The van der Waals surface area contributed by atoms with Gasteiger partial charge in [0.1, 0.15) is 0 Å². The summed E-state index contributed by atoms with van der Waals surface area (Å²) >= 11 is 1.42. The minimum Gasteiger partial charge on any atom is -0.199 e. The van der Waals surface area contributed by atoms with Crippen molar-refractivity contribution in [2.24, 2.45) is 0 Å². The fourth-order valence-corrected chi connectivity index (χ4v) is 5.02. The number of alkyl halides is 9. The van der Waals surface area contributed by atoms with E-state index in [-0.39, 0.29) is 22.7 Å². The first kappa shape index (κ1) is 33.7. The summed E-state index contributed by atoms with van der Waals surface area (Å²) in [7, 11) is 0. The lowest BCUT2D eigenvalue weighted by Gasteiger charge is -2.44. The van der Waals surface area contributed by atoms with Crippen LogP contribution in [-0.4, -0.2) is 18.7 Å². The first-order valence-corrected chi connectivity index (χ1v) is 14.6. The van der Waals surface area contributed by atoms with Crippen LogP contribution in [-0.2, 0) is 30.3 Å². The van der Waals surface area contributed by atoms with Gasteiger partial charge in [-0.2, -0.15) is 62.2 Å². The molecule has 0 saturated heterocycles. The van der Waals surface area contributed by atoms with E-state index < -0.39 is 41.4 Å². The van der Waals surface area contributed by atoms with E-state index in [2.05, 4.69) is 12.5 Å². The minimum absolute atomic E-state index is 0.0324. The Kier molecular flexibility index (Phi) is 11.7. The lowest BCUT2D eigenvalue weighted by atomic mass is 9.14. The van der Waals surface area contributed by atoms with Gasteiger partial charge in [-0.15, -0.1) is 0 Å². The summed E-state index contributed by atoms with van der Waals surface area (Å²) in [4.78, 5) is 0. The van der Waals surface area contributed by atoms with Gasteiger partial charge in [0.25, 0.3) is 0 Å². The second-order valence-corrected chi connectivity index (χ2v) is 10.6. The van der Waals surface area contributed by atoms with E-state index in [4.69, 9.17) is 0 Å². The van der Waals surface area contributed by atoms with Crippen molar-refractivity contribution in [3.8, 4) is 0 Å². The molecule has 0 saturated carbocycles. The highest BCUT2D eigenvalue weighted by Gasteiger charge is 2.38. The van der Waals surface area contributed by atoms with E-state index >= 15 is 0 Å². The van der Waals surface area contributed by atoms with Crippen molar-refractivity contribution in [1.82, 2.24) is 0 Å². The zero-order valence-electron chi connectivity index (χ0n) is 22.4. The summed E-state index contributed by atoms with van der Waals surface area (Å²) in [5.41, 5.74) is -2.98. The Morgan fingerprint density at radius 2 is 0.875 bits per heavy atom. The Balaban J connectivity index is 0.00000178. The lowest BCUT2D eigenvalue weighted by Crippen LogP contribution is -2.67. The van der Waals surface area contributed by atoms with Crippen molar-refractivity contribution in [1.29, 1.82) is 0 Å². The minimum atomic E-state index is -4.75. The highest BCUT2D eigenvalue weighted by molar-refractivity contribution is 7.76. The van der Waals surface area contributed by atoms with Crippen molar-refractivity contribution in [3.05, 3.63) is 89.5 Å². The van der Waals surface area contributed by atoms with Crippen LogP contribution in [0.2, 0.25) is 6.32 Å². The third-order valence-electron chi connectivity index (χ3n) is 6.84. The molecule has 0 N–H and O–H groups in total. The lowest BCUT2D eigenvalue weighted by molar-refractivity contribution is -0.138. The van der Waals surface area contributed by atoms with Gasteiger partial charge in [0.15, 0.2) is 0 Å². The molecule has 3 aromatic rings. The van der Waals surface area contributed by atoms with E-state index in [9.17, 15) is 39.5 Å². The molecular weight excluding hydrogens is 562 g/mol. The molecule has 40 heavy (non-hydrogen) atoms. The second kappa shape index (κ2) is 13.9. The molecular formula is C29H32BF9S. The topological polar surface area (TPSA) is 0 Å². The van der Waals surface area contributed by atoms with Gasteiger partial charge in [0.05, 0.1) is 35.3 Å². The summed E-state index contributed by atoms with van der Waals surface area (Å²) in [5, 5.41) is 0. The van der Waals surface area contributed by atoms with Gasteiger partial charge < -0.3 is 0 Å². The zero-order valence-corrected chi connectivity index (χ0v) is 23.3. The van der Waals surface area contributed by atoms with Gasteiger partial charge in [-0.25, -0.2) is 0 Å². The van der Waals surface area contributed by atoms with Crippen molar-refractivity contribution in [2.75, 3.05) is 12.5 Å². The van der Waals surface area contributed by atoms with Crippen LogP contribution in [0.1, 0.15) is 49.3 Å². The Labute approximate surface area is 233 Å². The van der Waals surface area contributed by atoms with Crippen LogP contribution >= 0.6 is 0 Å². The van der Waals surface area contributed by atoms with Gasteiger partial charge >= 0.3 is 18.5 Å². The first-order chi connectivity index (χ1) is 18.6. The number of unbranched alkanes of at least 4 members (excludes halogenated alkanes) is 3. The van der Waals surface area contributed by atoms with E-state index in [1.165, 1.54) is 30.0 Å². The number of rotatable bonds is 8. The molecule has 0 aliphatic carbocycles. The second-order valence-electron chi connectivity index (χ2n) is 9.71. The quantitative estimate of drug-likeness (QED) is 0.0820. The SMILES string of the molecule is CCCCCC[B-](c1cccc(C(F)(F)F)c1)(c1cccc(C(F)(F)F)c1)c1cccc(C(F)(F)F)c1.C[SH+]C. The Hall–Kier alpha value is -2.56. The number of thiol groups is 1. The average Bonchev–Trinajstić information content (AvgIpc) is 2.88. The summed E-state index contributed by atoms with van der Waals surface area (Å²) < 4.78 is 123. The molecule has 0 fully saturated rings. The maximum atomic E-state index is 13.7. The van der Waals surface area contributed by atoms with Crippen molar-refractivity contribution in [2.45, 2.75) is 57.5 Å². The number of halogens is 9. The Bertz CT molecular complexity index is 1080. The molecule has 0 aliphatic heterocycles. The molecule has 0 aromatic heterocycles. The standard InChI is InChI=1S/C27H25BF9.C2H6S/c1-2-3-4-5-15-28(22-12-6-9-19(16-22)25(29,30)31,23-13-7-10-20(17-23)26(32,33)34)24-14-8-11-21(18-24)27(35,36)37;1-3-2/h6-14,16-18H,2-5,15H2,1H3;1-2H3/q-1;/p+1. The fraction of sp³-hybridized carbons (Fsp3) is 0.379. The third-order valence-corrected chi connectivity index (χ3v) is 6.84. The molecule has 0 heterocycles. The summed E-state index contributed by atoms with van der Waals surface area (Å²) in [6.07, 6.45) is -10.0. The van der Waals surface area contributed by atoms with Crippen LogP contribution in [0.4, 0.5) is 39.5 Å². The predicted molar refractivity (Wildman–Crippen MR) is 149 cm³/mol. The molecule has 0 amide bonds. The van der Waals surface area contributed by atoms with Crippen LogP contribution in [0.25, 0.3) is 0 Å². The van der Waals surface area contributed by atoms with Gasteiger partial charge in [-0.1, -0.05) is 105 Å². The maximum absolute atomic E-state index is 13.7. The normalized spacial score (nSPS) is 12.6. The van der Waals surface area contributed by atoms with E-state index in [0.717, 1.165) is 67.4 Å². The largest absolute Gasteiger partial charge is 0.416 e. The molecule has 0 atom stereocenters. The molecule has 0 aliphatic rings. The van der Waals surface area contributed by atoms with E-state index in [1.54, 1.807) is 0 Å². The third kappa shape index (κ3) is 8.47. The molecule has 3 rings (SSSR count). The molecule has 0 spiro atoms. The van der Waals surface area contributed by atoms with Crippen LogP contribution in [0.15, 0.2) is 72.8 Å². The number of hydrogen-bond donors (Lipinski definition) is 0. The Morgan fingerprint density at radius 1 is 0.550 bits per heavy atom.